The van der Waals surface area contributed by atoms with Crippen molar-refractivity contribution < 1.29 is 23.3 Å². The summed E-state index contributed by atoms with van der Waals surface area (Å²) < 4.78 is 23.7. The molecule has 2 heterocycles. The molecule has 2 aromatic carbocycles. The minimum Gasteiger partial charge on any atom is -0.302 e. The Kier molecular flexibility index (Phi) is 5.00. The highest BCUT2D eigenvalue weighted by Crippen LogP contribution is 2.26. The summed E-state index contributed by atoms with van der Waals surface area (Å²) in [6.45, 7) is 0. The van der Waals surface area contributed by atoms with E-state index in [2.05, 4.69) is 29.9 Å². The van der Waals surface area contributed by atoms with Gasteiger partial charge in [-0.25, -0.2) is 18.4 Å². The van der Waals surface area contributed by atoms with Crippen LogP contribution in [0.3, 0.4) is 0 Å². The molecule has 1 N–H and O–H groups in total. The molecule has 31 heavy (non-hydrogen) atoms. The predicted octanol–water partition coefficient (Wildman–Crippen LogP) is 2.83. The Morgan fingerprint density at radius 2 is 1.90 bits per heavy atom. The minimum absolute atomic E-state index is 0.0856. The van der Waals surface area contributed by atoms with Gasteiger partial charge >= 0.3 is 5.76 Å². The van der Waals surface area contributed by atoms with Gasteiger partial charge in [0.05, 0.1) is 15.6 Å². The number of hydrogen-bond acceptors (Lipinski definition) is 9. The van der Waals surface area contributed by atoms with Gasteiger partial charge < -0.3 is 5.32 Å². The molecule has 12 nitrogen and oxygen atoms in total. The van der Waals surface area contributed by atoms with E-state index >= 15 is 0 Å². The van der Waals surface area contributed by atoms with Crippen LogP contribution >= 0.6 is 11.6 Å². The maximum atomic E-state index is 13.5. The molecule has 0 aliphatic heterocycles. The zero-order valence-corrected chi connectivity index (χ0v) is 15.7. The number of aromatic nitrogens is 4. The average molecular weight is 447 g/mol. The maximum Gasteiger partial charge on any atom is 0.446 e. The first-order valence-electron chi connectivity index (χ1n) is 8.28. The lowest BCUT2D eigenvalue weighted by Crippen LogP contribution is -2.15. The molecule has 0 saturated heterocycles. The number of amides is 1. The topological polar surface area (TPSA) is 159 Å². The molecule has 0 atom stereocenters. The SMILES string of the molecule is O=C(Nc1nonc1-c1noc(=O)n1-c1ccc(F)c(Cl)c1)c1ccc([N+](=O)[O-])cc1. The molecule has 2 aromatic heterocycles. The second-order valence-electron chi connectivity index (χ2n) is 5.93. The van der Waals surface area contributed by atoms with Crippen molar-refractivity contribution in [1.82, 2.24) is 20.0 Å². The largest absolute Gasteiger partial charge is 0.446 e. The highest BCUT2D eigenvalue weighted by molar-refractivity contribution is 6.30. The van der Waals surface area contributed by atoms with E-state index in [4.69, 9.17) is 11.6 Å². The van der Waals surface area contributed by atoms with Gasteiger partial charge in [0, 0.05) is 17.7 Å². The average Bonchev–Trinajstić information content (AvgIpc) is 3.36. The normalized spacial score (nSPS) is 10.8. The third-order valence-corrected chi connectivity index (χ3v) is 4.33. The molecule has 14 heteroatoms. The Morgan fingerprint density at radius 1 is 1.16 bits per heavy atom. The van der Waals surface area contributed by atoms with Gasteiger partial charge in [-0.1, -0.05) is 16.8 Å². The Morgan fingerprint density at radius 3 is 2.58 bits per heavy atom. The predicted molar refractivity (Wildman–Crippen MR) is 101 cm³/mol. The van der Waals surface area contributed by atoms with E-state index in [0.29, 0.717) is 0 Å². The lowest BCUT2D eigenvalue weighted by atomic mass is 10.2. The first-order valence-corrected chi connectivity index (χ1v) is 8.66. The van der Waals surface area contributed by atoms with Crippen LogP contribution in [0.5, 0.6) is 0 Å². The first-order chi connectivity index (χ1) is 14.8. The monoisotopic (exact) mass is 446 g/mol. The van der Waals surface area contributed by atoms with Crippen LogP contribution in [0.2, 0.25) is 5.02 Å². The molecule has 4 aromatic rings. The van der Waals surface area contributed by atoms with E-state index < -0.39 is 22.4 Å². The van der Waals surface area contributed by atoms with Gasteiger partial charge in [0.2, 0.25) is 11.6 Å². The summed E-state index contributed by atoms with van der Waals surface area (Å²) in [6.07, 6.45) is 0. The first kappa shape index (κ1) is 19.9. The number of nitro benzene ring substituents is 1. The zero-order chi connectivity index (χ0) is 22.1. The molecular weight excluding hydrogens is 439 g/mol. The summed E-state index contributed by atoms with van der Waals surface area (Å²) >= 11 is 5.77. The quantitative estimate of drug-likeness (QED) is 0.359. The Labute approximate surface area is 174 Å². The second kappa shape index (κ2) is 7.79. The number of rotatable bonds is 5. The van der Waals surface area contributed by atoms with Crippen molar-refractivity contribution in [2.75, 3.05) is 5.32 Å². The number of hydrogen-bond donors (Lipinski definition) is 1. The van der Waals surface area contributed by atoms with Crippen molar-refractivity contribution in [2.45, 2.75) is 0 Å². The van der Waals surface area contributed by atoms with Crippen LogP contribution in [0.4, 0.5) is 15.9 Å². The lowest BCUT2D eigenvalue weighted by Gasteiger charge is -2.05. The summed E-state index contributed by atoms with van der Waals surface area (Å²) in [5, 5.41) is 23.7. The Balaban J connectivity index is 1.68. The number of benzene rings is 2. The third-order valence-electron chi connectivity index (χ3n) is 4.04. The van der Waals surface area contributed by atoms with Crippen molar-refractivity contribution in [2.24, 2.45) is 0 Å². The van der Waals surface area contributed by atoms with Crippen molar-refractivity contribution >= 4 is 29.0 Å². The number of anilines is 1. The van der Waals surface area contributed by atoms with Gasteiger partial charge in [0.15, 0.2) is 5.69 Å². The van der Waals surface area contributed by atoms with E-state index in [9.17, 15) is 24.1 Å². The number of carbonyl (C=O) groups excluding carboxylic acids is 1. The fourth-order valence-corrected chi connectivity index (χ4v) is 2.76. The Bertz CT molecular complexity index is 1360. The van der Waals surface area contributed by atoms with Crippen LogP contribution in [-0.2, 0) is 0 Å². The molecule has 0 unspecified atom stereocenters. The summed E-state index contributed by atoms with van der Waals surface area (Å²) in [7, 11) is 0. The van der Waals surface area contributed by atoms with Crippen LogP contribution in [0, 0.1) is 15.9 Å². The molecule has 0 radical (unpaired) electrons. The van der Waals surface area contributed by atoms with Crippen LogP contribution < -0.4 is 11.1 Å². The number of non-ortho nitro benzene ring substituents is 1. The number of nitrogens with zero attached hydrogens (tertiary/aromatic N) is 5. The fraction of sp³-hybridized carbons (Fsp3) is 0. The maximum absolute atomic E-state index is 13.5. The summed E-state index contributed by atoms with van der Waals surface area (Å²) in [5.74, 6) is -2.73. The highest BCUT2D eigenvalue weighted by Gasteiger charge is 2.24. The van der Waals surface area contributed by atoms with Crippen LogP contribution in [-0.4, -0.2) is 30.9 Å². The summed E-state index contributed by atoms with van der Waals surface area (Å²) in [5.41, 5.74) is -0.155. The van der Waals surface area contributed by atoms with E-state index in [-0.39, 0.29) is 39.3 Å². The zero-order valence-electron chi connectivity index (χ0n) is 15.0. The minimum atomic E-state index is -0.937. The molecule has 0 bridgehead atoms. The van der Waals surface area contributed by atoms with E-state index in [1.807, 2.05) is 0 Å². The smallest absolute Gasteiger partial charge is 0.302 e. The molecule has 0 aliphatic rings. The fourth-order valence-electron chi connectivity index (χ4n) is 2.58. The standard InChI is InChI=1S/C17H8ClFN6O6/c18-11-7-10(5-6-12(11)19)24-15(23-30-17(24)27)13-14(22-31-21-13)20-16(26)8-1-3-9(4-2-8)25(28)29/h1-7H,(H,20,22,26). The van der Waals surface area contributed by atoms with Crippen LogP contribution in [0.25, 0.3) is 17.2 Å². The van der Waals surface area contributed by atoms with E-state index in [1.165, 1.54) is 24.3 Å². The van der Waals surface area contributed by atoms with Crippen molar-refractivity contribution in [1.29, 1.82) is 0 Å². The van der Waals surface area contributed by atoms with Gasteiger partial charge in [-0.05, 0) is 40.6 Å². The van der Waals surface area contributed by atoms with Gasteiger partial charge in [0.25, 0.3) is 11.6 Å². The molecule has 0 fully saturated rings. The Hall–Kier alpha value is -4.39. The number of carbonyl (C=O) groups is 1. The summed E-state index contributed by atoms with van der Waals surface area (Å²) in [6, 6.07) is 8.27. The van der Waals surface area contributed by atoms with E-state index in [1.54, 1.807) is 0 Å². The van der Waals surface area contributed by atoms with Gasteiger partial charge in [0.1, 0.15) is 5.82 Å². The van der Waals surface area contributed by atoms with Crippen LogP contribution in [0.15, 0.2) is 56.4 Å². The van der Waals surface area contributed by atoms with Gasteiger partial charge in [-0.15, -0.1) is 0 Å². The molecule has 1 amide bonds. The molecule has 0 spiro atoms. The second-order valence-corrected chi connectivity index (χ2v) is 6.33. The summed E-state index contributed by atoms with van der Waals surface area (Å²) in [4.78, 5) is 34.7. The van der Waals surface area contributed by atoms with Gasteiger partial charge in [-0.3, -0.25) is 19.4 Å². The number of nitro groups is 1. The number of nitrogens with one attached hydrogen (secondary N) is 1. The van der Waals surface area contributed by atoms with Crippen LogP contribution in [0.1, 0.15) is 10.4 Å². The van der Waals surface area contributed by atoms with Crippen molar-refractivity contribution in [3.63, 3.8) is 0 Å². The van der Waals surface area contributed by atoms with E-state index in [0.717, 1.165) is 22.8 Å². The third kappa shape index (κ3) is 3.76. The lowest BCUT2D eigenvalue weighted by molar-refractivity contribution is -0.384. The number of halogens is 2. The molecule has 0 aliphatic carbocycles. The van der Waals surface area contributed by atoms with Gasteiger partial charge in [-0.2, -0.15) is 0 Å². The van der Waals surface area contributed by atoms with Crippen molar-refractivity contribution in [3.05, 3.63) is 79.5 Å². The molecular formula is C17H8ClFN6O6. The highest BCUT2D eigenvalue weighted by atomic mass is 35.5. The molecule has 156 valence electrons. The molecule has 0 saturated carbocycles. The molecule has 4 rings (SSSR count). The van der Waals surface area contributed by atoms with Crippen molar-refractivity contribution in [3.8, 4) is 17.2 Å².